The molecule has 1 aliphatic carbocycles. The predicted octanol–water partition coefficient (Wildman–Crippen LogP) is 2.64. The molecule has 2 aliphatic rings. The Morgan fingerprint density at radius 3 is 2.65 bits per heavy atom. The molecule has 118 valence electrons. The van der Waals surface area contributed by atoms with Gasteiger partial charge in [0, 0.05) is 17.8 Å². The van der Waals surface area contributed by atoms with Crippen molar-refractivity contribution in [3.63, 3.8) is 0 Å². The molecule has 0 atom stereocenters. The highest BCUT2D eigenvalue weighted by molar-refractivity contribution is 6.07. The highest BCUT2D eigenvalue weighted by Gasteiger charge is 2.51. The minimum absolute atomic E-state index is 0.176. The summed E-state index contributed by atoms with van der Waals surface area (Å²) in [5.41, 5.74) is -0.132. The first kappa shape index (κ1) is 13.9. The smallest absolute Gasteiger partial charge is 0.258 e. The summed E-state index contributed by atoms with van der Waals surface area (Å²) in [5.74, 6) is -3.48. The second-order valence-corrected chi connectivity index (χ2v) is 5.81. The van der Waals surface area contributed by atoms with Gasteiger partial charge < -0.3 is 9.84 Å². The zero-order valence-corrected chi connectivity index (χ0v) is 11.9. The van der Waals surface area contributed by atoms with Gasteiger partial charge in [0.1, 0.15) is 17.0 Å². The van der Waals surface area contributed by atoms with Crippen LogP contribution < -0.4 is 9.64 Å². The number of benzene rings is 1. The molecule has 5 nitrogen and oxygen atoms in total. The Balaban J connectivity index is 1.76. The molecular formula is C16H12F2N2O3. The number of pyridine rings is 1. The third-order valence-electron chi connectivity index (χ3n) is 4.14. The van der Waals surface area contributed by atoms with Crippen LogP contribution in [0.15, 0.2) is 30.6 Å². The monoisotopic (exact) mass is 318 g/mol. The molecule has 0 saturated heterocycles. The molecule has 23 heavy (non-hydrogen) atoms. The number of aromatic hydroxyl groups is 1. The summed E-state index contributed by atoms with van der Waals surface area (Å²) in [6.45, 7) is 0.300. The number of rotatable bonds is 1. The summed E-state index contributed by atoms with van der Waals surface area (Å²) in [7, 11) is 0. The first-order chi connectivity index (χ1) is 11.0. The minimum Gasteiger partial charge on any atom is -0.503 e. The van der Waals surface area contributed by atoms with Gasteiger partial charge in [-0.15, -0.1) is 0 Å². The van der Waals surface area contributed by atoms with Gasteiger partial charge in [-0.25, -0.2) is 8.78 Å². The molecule has 1 aromatic heterocycles. The fourth-order valence-electron chi connectivity index (χ4n) is 2.73. The second-order valence-electron chi connectivity index (χ2n) is 5.81. The van der Waals surface area contributed by atoms with E-state index in [1.165, 1.54) is 11.1 Å². The molecule has 0 unspecified atom stereocenters. The van der Waals surface area contributed by atoms with Crippen molar-refractivity contribution in [2.45, 2.75) is 18.4 Å². The van der Waals surface area contributed by atoms with Crippen molar-refractivity contribution < 1.29 is 23.4 Å². The summed E-state index contributed by atoms with van der Waals surface area (Å²) >= 11 is 0. The van der Waals surface area contributed by atoms with E-state index in [0.717, 1.165) is 25.0 Å². The van der Waals surface area contributed by atoms with Crippen molar-refractivity contribution in [3.8, 4) is 11.5 Å². The molecule has 1 aliphatic heterocycles. The van der Waals surface area contributed by atoms with E-state index in [1.54, 1.807) is 12.3 Å². The lowest BCUT2D eigenvalue weighted by molar-refractivity contribution is 0.0942. The van der Waals surface area contributed by atoms with Crippen molar-refractivity contribution >= 4 is 11.6 Å². The number of phenolic OH excluding ortho intramolecular Hbond substituents is 1. The molecule has 0 bridgehead atoms. The maximum absolute atomic E-state index is 13.5. The van der Waals surface area contributed by atoms with Gasteiger partial charge in [0.15, 0.2) is 17.4 Å². The largest absolute Gasteiger partial charge is 0.503 e. The van der Waals surface area contributed by atoms with Gasteiger partial charge in [-0.1, -0.05) is 0 Å². The number of phenols is 1. The maximum Gasteiger partial charge on any atom is 0.258 e. The number of halogens is 2. The van der Waals surface area contributed by atoms with Crippen LogP contribution in [0.5, 0.6) is 11.5 Å². The summed E-state index contributed by atoms with van der Waals surface area (Å²) in [6.07, 6.45) is 4.67. The van der Waals surface area contributed by atoms with Gasteiger partial charge >= 0.3 is 0 Å². The highest BCUT2D eigenvalue weighted by atomic mass is 19.1. The summed E-state index contributed by atoms with van der Waals surface area (Å²) in [4.78, 5) is 18.1. The molecule has 2 aromatic rings. The van der Waals surface area contributed by atoms with E-state index < -0.39 is 28.9 Å². The zero-order valence-electron chi connectivity index (χ0n) is 11.9. The third kappa shape index (κ3) is 2.19. The number of amides is 1. The number of hydrogen-bond donors (Lipinski definition) is 1. The molecule has 1 N–H and O–H groups in total. The van der Waals surface area contributed by atoms with Crippen LogP contribution in [0.25, 0.3) is 0 Å². The van der Waals surface area contributed by atoms with E-state index in [9.17, 15) is 13.6 Å². The van der Waals surface area contributed by atoms with Crippen LogP contribution in [0.2, 0.25) is 0 Å². The third-order valence-corrected chi connectivity index (χ3v) is 4.14. The number of carbonyl (C=O) groups excluding carboxylic acids is 1. The number of aromatic nitrogens is 1. The van der Waals surface area contributed by atoms with Crippen molar-refractivity contribution in [2.24, 2.45) is 0 Å². The Hall–Kier alpha value is -2.70. The van der Waals surface area contributed by atoms with Gasteiger partial charge in [0.25, 0.3) is 5.91 Å². The van der Waals surface area contributed by atoms with Crippen molar-refractivity contribution in [3.05, 3.63) is 47.8 Å². The van der Waals surface area contributed by atoms with Crippen LogP contribution in [-0.2, 0) is 0 Å². The van der Waals surface area contributed by atoms with Crippen LogP contribution >= 0.6 is 0 Å². The minimum atomic E-state index is -1.17. The number of hydrogen-bond acceptors (Lipinski definition) is 4. The van der Waals surface area contributed by atoms with E-state index >= 15 is 0 Å². The van der Waals surface area contributed by atoms with E-state index in [2.05, 4.69) is 4.98 Å². The predicted molar refractivity (Wildman–Crippen MR) is 76.5 cm³/mol. The number of ether oxygens (including phenoxy) is 1. The van der Waals surface area contributed by atoms with Crippen molar-refractivity contribution in [1.29, 1.82) is 0 Å². The van der Waals surface area contributed by atoms with Gasteiger partial charge in [0.05, 0.1) is 12.7 Å². The highest BCUT2D eigenvalue weighted by Crippen LogP contribution is 2.48. The quantitative estimate of drug-likeness (QED) is 0.878. The van der Waals surface area contributed by atoms with E-state index in [1.807, 2.05) is 0 Å². The molecule has 1 fully saturated rings. The van der Waals surface area contributed by atoms with Gasteiger partial charge in [-0.3, -0.25) is 14.7 Å². The van der Waals surface area contributed by atoms with E-state index in [4.69, 9.17) is 9.84 Å². The molecular weight excluding hydrogens is 306 g/mol. The molecule has 2 heterocycles. The Kier molecular flexibility index (Phi) is 2.81. The molecule has 1 saturated carbocycles. The van der Waals surface area contributed by atoms with Crippen LogP contribution in [0.4, 0.5) is 14.5 Å². The normalized spacial score (nSPS) is 17.6. The fraction of sp³-hybridized carbons (Fsp3) is 0.250. The Bertz CT molecular complexity index is 798. The van der Waals surface area contributed by atoms with Gasteiger partial charge in [0.2, 0.25) is 0 Å². The van der Waals surface area contributed by atoms with Crippen molar-refractivity contribution in [2.75, 3.05) is 11.4 Å². The number of anilines is 1. The van der Waals surface area contributed by atoms with Crippen LogP contribution in [0.1, 0.15) is 23.2 Å². The molecule has 1 amide bonds. The Morgan fingerprint density at radius 2 is 2.00 bits per heavy atom. The number of carbonyl (C=O) groups is 1. The first-order valence-corrected chi connectivity index (χ1v) is 7.12. The molecule has 1 aromatic carbocycles. The molecule has 7 heteroatoms. The van der Waals surface area contributed by atoms with Crippen LogP contribution in [0.3, 0.4) is 0 Å². The van der Waals surface area contributed by atoms with Gasteiger partial charge in [-0.05, 0) is 25.0 Å². The van der Waals surface area contributed by atoms with E-state index in [-0.39, 0.29) is 5.56 Å². The molecule has 4 rings (SSSR count). The van der Waals surface area contributed by atoms with Crippen LogP contribution in [0, 0.1) is 11.6 Å². The lowest BCUT2D eigenvalue weighted by atomic mass is 10.1. The van der Waals surface area contributed by atoms with Crippen molar-refractivity contribution in [1.82, 2.24) is 4.98 Å². The summed E-state index contributed by atoms with van der Waals surface area (Å²) < 4.78 is 33.0. The average Bonchev–Trinajstić information content (AvgIpc) is 3.29. The van der Waals surface area contributed by atoms with Crippen LogP contribution in [-0.4, -0.2) is 28.1 Å². The lowest BCUT2D eigenvalue weighted by Gasteiger charge is -2.35. The number of fused-ring (bicyclic) bond motifs is 1. The molecule has 0 radical (unpaired) electrons. The SMILES string of the molecule is O=C(c1cc(F)c(O)c(F)c1)N1CC2(CC2)Oc2ccncc21. The number of nitrogens with zero attached hydrogens (tertiary/aromatic N) is 2. The Labute approximate surface area is 130 Å². The van der Waals surface area contributed by atoms with Gasteiger partial charge in [-0.2, -0.15) is 0 Å². The summed E-state index contributed by atoms with van der Waals surface area (Å²) in [5, 5.41) is 9.17. The lowest BCUT2D eigenvalue weighted by Crippen LogP contribution is -2.45. The fourth-order valence-corrected chi connectivity index (χ4v) is 2.73. The standard InChI is InChI=1S/C16H12F2N2O3/c17-10-5-9(6-11(18)14(10)21)15(22)20-8-16(2-3-16)23-13-1-4-19-7-12(13)20/h1,4-7,21H,2-3,8H2. The zero-order chi connectivity index (χ0) is 16.2. The molecule has 1 spiro atoms. The topological polar surface area (TPSA) is 62.7 Å². The first-order valence-electron chi connectivity index (χ1n) is 7.12. The maximum atomic E-state index is 13.5. The average molecular weight is 318 g/mol. The van der Waals surface area contributed by atoms with E-state index in [0.29, 0.717) is 18.0 Å². The Morgan fingerprint density at radius 1 is 1.30 bits per heavy atom. The summed E-state index contributed by atoms with van der Waals surface area (Å²) in [6, 6.07) is 3.31. The second kappa shape index (κ2) is 4.65.